The van der Waals surface area contributed by atoms with Crippen molar-refractivity contribution in [3.63, 3.8) is 0 Å². The van der Waals surface area contributed by atoms with Crippen LogP contribution in [0.25, 0.3) is 0 Å². The van der Waals surface area contributed by atoms with Crippen molar-refractivity contribution in [2.75, 3.05) is 0 Å². The molecule has 0 saturated heterocycles. The van der Waals surface area contributed by atoms with Crippen LogP contribution in [-0.2, 0) is 15.6 Å². The normalized spacial score (nSPS) is 12.5. The van der Waals surface area contributed by atoms with Crippen molar-refractivity contribution in [3.05, 3.63) is 21.4 Å². The molecule has 1 aromatic rings. The molecule has 0 atom stereocenters. The van der Waals surface area contributed by atoms with E-state index >= 15 is 0 Å². The van der Waals surface area contributed by atoms with E-state index in [1.165, 1.54) is 4.88 Å². The Hall–Kier alpha value is -1.16. The zero-order chi connectivity index (χ0) is 16.4. The molecule has 0 bridgehead atoms. The monoisotopic (exact) mass is 310 g/mol. The van der Waals surface area contributed by atoms with Gasteiger partial charge in [-0.3, -0.25) is 9.59 Å². The van der Waals surface area contributed by atoms with Crippen LogP contribution in [0, 0.1) is 0 Å². The Bertz CT molecular complexity index is 527. The number of Topliss-reactive ketones (excluding diaryl/α,β-unsaturated/α-hetero) is 1. The van der Waals surface area contributed by atoms with E-state index in [9.17, 15) is 9.59 Å². The smallest absolute Gasteiger partial charge is 0.303 e. The maximum absolute atomic E-state index is 12.4. The molecule has 118 valence electrons. The lowest BCUT2D eigenvalue weighted by atomic mass is 9.88. The van der Waals surface area contributed by atoms with Crippen LogP contribution in [0.3, 0.4) is 0 Å². The summed E-state index contributed by atoms with van der Waals surface area (Å²) in [6, 6.07) is 2.01. The largest absolute Gasteiger partial charge is 0.481 e. The predicted octanol–water partition coefficient (Wildman–Crippen LogP) is 4.78. The Balaban J connectivity index is 3.07. The number of hydrogen-bond acceptors (Lipinski definition) is 3. The summed E-state index contributed by atoms with van der Waals surface area (Å²) in [5, 5.41) is 8.68. The first-order valence-corrected chi connectivity index (χ1v) is 8.14. The third kappa shape index (κ3) is 4.95. The first-order chi connectivity index (χ1) is 9.43. The highest BCUT2D eigenvalue weighted by atomic mass is 32.1. The van der Waals surface area contributed by atoms with Gasteiger partial charge in [0.15, 0.2) is 5.78 Å². The average Bonchev–Trinajstić information content (AvgIpc) is 2.71. The minimum atomic E-state index is -0.848. The highest BCUT2D eigenvalue weighted by Crippen LogP contribution is 2.39. The van der Waals surface area contributed by atoms with E-state index in [4.69, 9.17) is 5.11 Å². The Kier molecular flexibility index (Phi) is 5.37. The molecule has 0 fully saturated rings. The number of carboxylic acid groups (broad SMARTS) is 1. The van der Waals surface area contributed by atoms with Gasteiger partial charge in [-0.15, -0.1) is 11.3 Å². The molecule has 0 radical (unpaired) electrons. The lowest BCUT2D eigenvalue weighted by Gasteiger charge is -2.19. The summed E-state index contributed by atoms with van der Waals surface area (Å²) in [6.45, 7) is 12.8. The molecule has 0 spiro atoms. The quantitative estimate of drug-likeness (QED) is 0.796. The zero-order valence-electron chi connectivity index (χ0n) is 13.9. The number of ketones is 1. The number of rotatable bonds is 5. The molecule has 4 heteroatoms. The van der Waals surface area contributed by atoms with Crippen LogP contribution in [-0.4, -0.2) is 16.9 Å². The van der Waals surface area contributed by atoms with E-state index in [1.54, 1.807) is 11.3 Å². The molecular weight excluding hydrogens is 284 g/mol. The first kappa shape index (κ1) is 17.9. The summed E-state index contributed by atoms with van der Waals surface area (Å²) in [4.78, 5) is 25.3. The standard InChI is InChI=1S/C17H26O3S/c1-16(2,3)13-10-11(15(21-13)17(4,5)6)12(18)8-7-9-14(19)20/h10H,7-9H2,1-6H3,(H,19,20). The summed E-state index contributed by atoms with van der Waals surface area (Å²) in [7, 11) is 0. The molecule has 0 aliphatic heterocycles. The topological polar surface area (TPSA) is 54.4 Å². The number of carboxylic acids is 1. The second-order valence-corrected chi connectivity index (χ2v) is 8.58. The molecular formula is C17H26O3S. The maximum Gasteiger partial charge on any atom is 0.303 e. The maximum atomic E-state index is 12.4. The Morgan fingerprint density at radius 2 is 1.62 bits per heavy atom. The van der Waals surface area contributed by atoms with Gasteiger partial charge < -0.3 is 5.11 Å². The van der Waals surface area contributed by atoms with Gasteiger partial charge in [-0.1, -0.05) is 41.5 Å². The molecule has 0 saturated carbocycles. The predicted molar refractivity (Wildman–Crippen MR) is 87.5 cm³/mol. The van der Waals surface area contributed by atoms with E-state index in [-0.39, 0.29) is 23.0 Å². The molecule has 0 aliphatic carbocycles. The molecule has 1 aromatic heterocycles. The lowest BCUT2D eigenvalue weighted by Crippen LogP contribution is -2.14. The highest BCUT2D eigenvalue weighted by molar-refractivity contribution is 7.12. The molecule has 3 nitrogen and oxygen atoms in total. The number of carbonyl (C=O) groups is 2. The van der Waals surface area contributed by atoms with Gasteiger partial charge in [-0.25, -0.2) is 0 Å². The lowest BCUT2D eigenvalue weighted by molar-refractivity contribution is -0.137. The summed E-state index contributed by atoms with van der Waals surface area (Å²) in [6.07, 6.45) is 0.751. The Labute approximate surface area is 131 Å². The summed E-state index contributed by atoms with van der Waals surface area (Å²) >= 11 is 1.70. The molecule has 1 heterocycles. The molecule has 0 aromatic carbocycles. The van der Waals surface area contributed by atoms with Crippen molar-refractivity contribution in [2.24, 2.45) is 0 Å². The van der Waals surface area contributed by atoms with Gasteiger partial charge >= 0.3 is 5.97 Å². The summed E-state index contributed by atoms with van der Waals surface area (Å²) in [5.74, 6) is -0.785. The average molecular weight is 310 g/mol. The fraction of sp³-hybridized carbons (Fsp3) is 0.647. The third-order valence-electron chi connectivity index (χ3n) is 3.25. The van der Waals surface area contributed by atoms with Crippen LogP contribution >= 0.6 is 11.3 Å². The van der Waals surface area contributed by atoms with Gasteiger partial charge in [0.2, 0.25) is 0 Å². The number of carbonyl (C=O) groups excluding carboxylic acids is 1. The van der Waals surface area contributed by atoms with Crippen LogP contribution < -0.4 is 0 Å². The number of aliphatic carboxylic acids is 1. The van der Waals surface area contributed by atoms with Crippen LogP contribution in [0.15, 0.2) is 6.07 Å². The number of thiophene rings is 1. The van der Waals surface area contributed by atoms with Gasteiger partial charge in [-0.2, -0.15) is 0 Å². The molecule has 0 amide bonds. The van der Waals surface area contributed by atoms with E-state index < -0.39 is 5.97 Å². The third-order valence-corrected chi connectivity index (χ3v) is 5.23. The van der Waals surface area contributed by atoms with Crippen LogP contribution in [0.1, 0.15) is 80.9 Å². The van der Waals surface area contributed by atoms with Crippen LogP contribution in [0.2, 0.25) is 0 Å². The van der Waals surface area contributed by atoms with Crippen molar-refractivity contribution >= 4 is 23.1 Å². The van der Waals surface area contributed by atoms with E-state index in [2.05, 4.69) is 41.5 Å². The van der Waals surface area contributed by atoms with E-state index in [0.717, 1.165) is 10.4 Å². The van der Waals surface area contributed by atoms with Crippen molar-refractivity contribution in [3.8, 4) is 0 Å². The van der Waals surface area contributed by atoms with Crippen molar-refractivity contribution in [2.45, 2.75) is 71.6 Å². The zero-order valence-corrected chi connectivity index (χ0v) is 14.7. The molecule has 0 aliphatic rings. The molecule has 0 unspecified atom stereocenters. The molecule has 1 rings (SSSR count). The number of hydrogen-bond donors (Lipinski definition) is 1. The van der Waals surface area contributed by atoms with E-state index in [0.29, 0.717) is 12.8 Å². The summed E-state index contributed by atoms with van der Waals surface area (Å²) < 4.78 is 0. The van der Waals surface area contributed by atoms with Crippen molar-refractivity contribution in [1.82, 2.24) is 0 Å². The van der Waals surface area contributed by atoms with Gasteiger partial charge in [0.1, 0.15) is 0 Å². The Morgan fingerprint density at radius 3 is 2.05 bits per heavy atom. The minimum Gasteiger partial charge on any atom is -0.481 e. The second kappa shape index (κ2) is 6.30. The van der Waals surface area contributed by atoms with Crippen molar-refractivity contribution < 1.29 is 14.7 Å². The highest BCUT2D eigenvalue weighted by Gasteiger charge is 2.28. The van der Waals surface area contributed by atoms with Crippen LogP contribution in [0.5, 0.6) is 0 Å². The fourth-order valence-electron chi connectivity index (χ4n) is 2.06. The fourth-order valence-corrected chi connectivity index (χ4v) is 3.35. The SMILES string of the molecule is CC(C)(C)c1cc(C(=O)CCCC(=O)O)c(C(C)(C)C)s1. The second-order valence-electron chi connectivity index (χ2n) is 7.52. The van der Waals surface area contributed by atoms with Gasteiger partial charge in [0.25, 0.3) is 0 Å². The first-order valence-electron chi connectivity index (χ1n) is 7.32. The molecule has 1 N–H and O–H groups in total. The molecule has 21 heavy (non-hydrogen) atoms. The summed E-state index contributed by atoms with van der Waals surface area (Å²) in [5.41, 5.74) is 0.721. The minimum absolute atomic E-state index is 0.0181. The van der Waals surface area contributed by atoms with Crippen LogP contribution in [0.4, 0.5) is 0 Å². The van der Waals surface area contributed by atoms with Crippen molar-refractivity contribution in [1.29, 1.82) is 0 Å². The van der Waals surface area contributed by atoms with Gasteiger partial charge in [-0.05, 0) is 23.3 Å². The Morgan fingerprint density at radius 1 is 1.05 bits per heavy atom. The van der Waals surface area contributed by atoms with Gasteiger partial charge in [0, 0.05) is 28.2 Å². The van der Waals surface area contributed by atoms with E-state index in [1.807, 2.05) is 6.07 Å². The van der Waals surface area contributed by atoms with Gasteiger partial charge in [0.05, 0.1) is 0 Å².